The highest BCUT2D eigenvalue weighted by Crippen LogP contribution is 2.39. The van der Waals surface area contributed by atoms with Crippen LogP contribution in [-0.2, 0) is 102 Å². The molecule has 6 aromatic heterocycles. The fourth-order valence-corrected chi connectivity index (χ4v) is 19.4. The number of carboxylic acids is 3. The highest BCUT2D eigenvalue weighted by atomic mass is 32.2. The average Bonchev–Trinajstić information content (AvgIpc) is 1.59. The standard InChI is InChI=1S/C34H40N6O9S.C32H36N6O9S.C29H32N6O8S/c35-34-33-31-18-28(39-49-31)25-1-2-26(20-36-19-23-7-10-45-11-8-23)30(17-25)48-16-15-47-14-13-46-12-9-40(22-32(41)42)50(43,44)27-5-3-24(4-6-27)29(38-33)21-37-34;33-32-31-29-14-26(37-47-29)23-1-2-24(16-34-15-21-19-45-20-21)28(13-23)46-12-11-44-10-9-43-8-7-38(18-30(39)40)48(41,42)25-5-3-22(4-6-25)27(36-31)17-35-32;1-31-16-21-3-2-20-14-25(21)42-13-12-41-11-10-40-9-8-35(18-27(36)37)44(38,39)22-6-4-19(5-7-22)24-17-32-29(30)28(33-24)26-15-23(20)34-43-26/h1-6,17-18,21,23,36H,7-16,19-20,22H2,(H2,35,37)(H,41,42);1-6,13-14,17,21,34H,7-12,15-16,18-20H2,(H2,33,35)(H,39,40);2-7,14-15,17,31H,8-13,16,18H2,1H3,(H2,30,32)(H,36,37). The van der Waals surface area contributed by atoms with Gasteiger partial charge in [0.05, 0.1) is 143 Å². The van der Waals surface area contributed by atoms with Gasteiger partial charge >= 0.3 is 17.9 Å². The summed E-state index contributed by atoms with van der Waals surface area (Å²) in [7, 11) is -10.6. The number of anilines is 3. The quantitative estimate of drug-likeness (QED) is 0.0420. The van der Waals surface area contributed by atoms with Gasteiger partial charge < -0.3 is 114 Å². The second-order valence-electron chi connectivity index (χ2n) is 32.9. The van der Waals surface area contributed by atoms with E-state index in [1.165, 1.54) is 55.0 Å². The minimum atomic E-state index is -4.15. The van der Waals surface area contributed by atoms with Crippen molar-refractivity contribution in [2.24, 2.45) is 11.8 Å². The van der Waals surface area contributed by atoms with Crippen LogP contribution in [0.4, 0.5) is 17.5 Å². The van der Waals surface area contributed by atoms with Crippen molar-refractivity contribution in [2.45, 2.75) is 47.2 Å². The van der Waals surface area contributed by atoms with Gasteiger partial charge in [-0.3, -0.25) is 14.4 Å². The van der Waals surface area contributed by atoms with Crippen LogP contribution in [0, 0.1) is 11.8 Å². The average molecular weight is 2010 g/mol. The molecule has 0 unspecified atom stereocenters. The molecule has 0 aliphatic carbocycles. The van der Waals surface area contributed by atoms with Crippen LogP contribution in [-0.4, -0.2) is 302 Å². The number of carboxylic acid groups (broad SMARTS) is 3. The van der Waals surface area contributed by atoms with E-state index in [0.717, 1.165) is 98.7 Å². The largest absolute Gasteiger partial charge is 0.491 e. The van der Waals surface area contributed by atoms with Gasteiger partial charge in [0, 0.05) is 133 Å². The lowest BCUT2D eigenvalue weighted by Gasteiger charge is -2.26. The predicted molar refractivity (Wildman–Crippen MR) is 513 cm³/mol. The monoisotopic (exact) mass is 2010 g/mol. The number of nitrogen functional groups attached to an aromatic ring is 3. The van der Waals surface area contributed by atoms with Crippen molar-refractivity contribution in [3.63, 3.8) is 0 Å². The van der Waals surface area contributed by atoms with Gasteiger partial charge in [-0.2, -0.15) is 12.9 Å². The van der Waals surface area contributed by atoms with Crippen LogP contribution < -0.4 is 47.4 Å². The first kappa shape index (κ1) is 103. The van der Waals surface area contributed by atoms with Crippen LogP contribution in [0.1, 0.15) is 29.5 Å². The first-order valence-electron chi connectivity index (χ1n) is 45.5. The Labute approximate surface area is 816 Å². The third-order valence-electron chi connectivity index (χ3n) is 23.0. The summed E-state index contributed by atoms with van der Waals surface area (Å²) < 4.78 is 162. The summed E-state index contributed by atoms with van der Waals surface area (Å²) in [4.78, 5) is 61.0. The molecule has 12 N–H and O–H groups in total. The van der Waals surface area contributed by atoms with Crippen molar-refractivity contribution >= 4 is 65.4 Å². The van der Waals surface area contributed by atoms with E-state index in [2.05, 4.69) is 61.3 Å². The Morgan fingerprint density at radius 1 is 0.352 bits per heavy atom. The number of hydrogen-bond acceptors (Lipinski definition) is 38. The van der Waals surface area contributed by atoms with Crippen LogP contribution in [0.25, 0.3) is 102 Å². The minimum Gasteiger partial charge on any atom is -0.491 e. The Kier molecular flexibility index (Phi) is 35.8. The predicted octanol–water partition coefficient (Wildman–Crippen LogP) is 7.62. The topological polar surface area (TPSA) is 595 Å². The molecule has 14 heterocycles. The lowest BCUT2D eigenvalue weighted by molar-refractivity contribution is -0.138. The molecule has 6 aromatic carbocycles. The normalized spacial score (nSPS) is 17.2. The summed E-state index contributed by atoms with van der Waals surface area (Å²) in [6.45, 7) is 6.83. The summed E-state index contributed by atoms with van der Waals surface area (Å²) >= 11 is 0. The molecule has 142 heavy (non-hydrogen) atoms. The van der Waals surface area contributed by atoms with Gasteiger partial charge in [-0.15, -0.1) is 0 Å². The molecule has 752 valence electrons. The van der Waals surface area contributed by atoms with E-state index in [0.29, 0.717) is 117 Å². The van der Waals surface area contributed by atoms with E-state index in [1.54, 1.807) is 54.6 Å². The van der Waals surface area contributed by atoms with Gasteiger partial charge in [0.25, 0.3) is 0 Å². The Bertz CT molecular complexity index is 6660. The van der Waals surface area contributed by atoms with E-state index in [9.17, 15) is 55.0 Å². The van der Waals surface area contributed by atoms with Gasteiger partial charge in [-0.1, -0.05) is 88.3 Å². The fraction of sp³-hybridized carbons (Fsp3) is 0.368. The van der Waals surface area contributed by atoms with E-state index in [-0.39, 0.29) is 168 Å². The van der Waals surface area contributed by atoms with Gasteiger partial charge in [0.1, 0.15) is 73.8 Å². The number of nitrogens with two attached hydrogens (primary N) is 3. The maximum Gasteiger partial charge on any atom is 0.318 e. The number of carbonyl (C=O) groups is 3. The SMILES string of the molecule is CNCc1ccc2cc1OCCOCCOCCN(CC(=O)O)S(=O)(=O)c1ccc(cc1)-c1cnc(N)c(n1)-c1cc-2no1.Nc1ncc2nc1-c1cc(no1)-c1ccc(CNCC3CCOCC3)c(c1)OCCOCCOCCN(CC(=O)O)S(=O)(=O)c1ccc-2cc1.Nc1ncc2nc1-c1cc(no1)-c1ccc(CNCC3COC3)c(c1)OCCOCCOCCN(CC(=O)O)S(=O)(=O)c1ccc-2cc1. The molecule has 0 saturated carbocycles. The molecule has 8 aliphatic rings. The molecule has 2 fully saturated rings. The van der Waals surface area contributed by atoms with Crippen molar-refractivity contribution in [2.75, 3.05) is 202 Å². The second kappa shape index (κ2) is 49.4. The van der Waals surface area contributed by atoms with E-state index in [1.807, 2.05) is 61.6 Å². The number of nitrogens with zero attached hydrogens (tertiary/aromatic N) is 12. The number of rotatable bonds is 16. The molecule has 0 radical (unpaired) electrons. The number of ether oxygens (including phenoxy) is 11. The molecular weight excluding hydrogens is 1910 g/mol. The van der Waals surface area contributed by atoms with Crippen molar-refractivity contribution in [3.8, 4) is 119 Å². The molecule has 0 atom stereocenters. The fourth-order valence-electron chi connectivity index (χ4n) is 15.3. The van der Waals surface area contributed by atoms with Crippen LogP contribution in [0.2, 0.25) is 0 Å². The summed E-state index contributed by atoms with van der Waals surface area (Å²) in [6.07, 6.45) is 6.48. The molecule has 2 saturated heterocycles. The molecule has 20 rings (SSSR count). The number of sulfonamides is 3. The molecule has 12 aromatic rings. The number of aromatic nitrogens is 9. The third-order valence-corrected chi connectivity index (χ3v) is 28.5. The van der Waals surface area contributed by atoms with Gasteiger partial charge in [0.2, 0.25) is 30.1 Å². The second-order valence-corrected chi connectivity index (χ2v) is 38.7. The summed E-state index contributed by atoms with van der Waals surface area (Å²) in [5.74, 6) is 0.440. The Hall–Kier alpha value is -13.3. The van der Waals surface area contributed by atoms with Crippen LogP contribution in [0.3, 0.4) is 0 Å². The summed E-state index contributed by atoms with van der Waals surface area (Å²) in [6, 6.07) is 40.3. The third kappa shape index (κ3) is 27.3. The first-order valence-corrected chi connectivity index (χ1v) is 49.9. The lowest BCUT2D eigenvalue weighted by atomic mass is 10.0. The maximum atomic E-state index is 13.4. The van der Waals surface area contributed by atoms with Crippen LogP contribution >= 0.6 is 0 Å². The smallest absolute Gasteiger partial charge is 0.318 e. The lowest BCUT2D eigenvalue weighted by Crippen LogP contribution is -2.38. The Morgan fingerprint density at radius 2 is 0.641 bits per heavy atom. The number of nitrogens with one attached hydrogen (secondary N) is 3. The van der Waals surface area contributed by atoms with E-state index < -0.39 is 67.6 Å². The van der Waals surface area contributed by atoms with Crippen molar-refractivity contribution in [3.05, 3.63) is 181 Å². The highest BCUT2D eigenvalue weighted by molar-refractivity contribution is 7.89. The molecule has 44 nitrogen and oxygen atoms in total. The van der Waals surface area contributed by atoms with Gasteiger partial charge in [0.15, 0.2) is 51.8 Å². The Balaban J connectivity index is 0.000000161. The highest BCUT2D eigenvalue weighted by Gasteiger charge is 2.33. The summed E-state index contributed by atoms with van der Waals surface area (Å²) in [5, 5.41) is 51.1. The molecular formula is C95H108N18O26S3. The zero-order valence-electron chi connectivity index (χ0n) is 77.4. The maximum absolute atomic E-state index is 13.4. The van der Waals surface area contributed by atoms with Crippen LogP contribution in [0.5, 0.6) is 17.2 Å². The zero-order chi connectivity index (χ0) is 99.5. The molecule has 8 aliphatic heterocycles. The van der Waals surface area contributed by atoms with Crippen molar-refractivity contribution in [1.82, 2.24) is 74.2 Å². The number of hydrogen-bond donors (Lipinski definition) is 9. The number of benzene rings is 6. The summed E-state index contributed by atoms with van der Waals surface area (Å²) in [5.41, 5.74) is 29.0. The van der Waals surface area contributed by atoms with Gasteiger partial charge in [-0.25, -0.2) is 55.2 Å². The molecule has 0 amide bonds. The van der Waals surface area contributed by atoms with Crippen LogP contribution in [0.15, 0.2) is 192 Å². The molecule has 0 spiro atoms. The molecule has 24 bridgehead atoms. The minimum absolute atomic E-state index is 0.0176. The van der Waals surface area contributed by atoms with Gasteiger partial charge in [-0.05, 0) is 86.9 Å². The number of aliphatic carboxylic acids is 3. The van der Waals surface area contributed by atoms with E-state index >= 15 is 0 Å². The van der Waals surface area contributed by atoms with Crippen molar-refractivity contribution in [1.29, 1.82) is 0 Å². The number of fused-ring (bicyclic) bond motifs is 36. The Morgan fingerprint density at radius 3 is 0.944 bits per heavy atom. The first-order chi connectivity index (χ1) is 68.8. The van der Waals surface area contributed by atoms with Crippen molar-refractivity contribution < 1.29 is 121 Å². The molecule has 47 heteroatoms. The zero-order valence-corrected chi connectivity index (χ0v) is 79.9. The van der Waals surface area contributed by atoms with E-state index in [4.69, 9.17) is 82.9 Å².